The Labute approximate surface area is 51.2 Å². The first kappa shape index (κ1) is 5.31. The molecule has 3 heteroatoms. The SMILES string of the molecule is Nc1cccnc1[SiH3]. The fourth-order valence-electron chi connectivity index (χ4n) is 0.497. The Morgan fingerprint density at radius 3 is 2.75 bits per heavy atom. The number of pyridine rings is 1. The number of hydrogen-bond acceptors (Lipinski definition) is 2. The number of nitrogens with two attached hydrogens (primary N) is 1. The molecule has 0 spiro atoms. The maximum absolute atomic E-state index is 5.49. The summed E-state index contributed by atoms with van der Waals surface area (Å²) in [4.78, 5) is 4.02. The number of nitrogen functional groups attached to an aromatic ring is 1. The van der Waals surface area contributed by atoms with Gasteiger partial charge in [0.25, 0.3) is 0 Å². The van der Waals surface area contributed by atoms with Gasteiger partial charge in [-0.1, -0.05) is 0 Å². The van der Waals surface area contributed by atoms with Crippen molar-refractivity contribution in [3.05, 3.63) is 18.3 Å². The molecule has 0 aliphatic rings. The topological polar surface area (TPSA) is 38.9 Å². The van der Waals surface area contributed by atoms with Crippen LogP contribution in [0.15, 0.2) is 18.3 Å². The van der Waals surface area contributed by atoms with Crippen LogP contribution in [0.5, 0.6) is 0 Å². The first-order valence-corrected chi connectivity index (χ1v) is 3.48. The summed E-state index contributed by atoms with van der Waals surface area (Å²) in [6, 6.07) is 3.71. The highest BCUT2D eigenvalue weighted by Gasteiger charge is 1.86. The molecule has 1 rings (SSSR count). The lowest BCUT2D eigenvalue weighted by atomic mass is 10.4. The maximum Gasteiger partial charge on any atom is 0.0650 e. The number of anilines is 1. The Hall–Kier alpha value is -0.833. The van der Waals surface area contributed by atoms with Crippen molar-refractivity contribution in [3.63, 3.8) is 0 Å². The molecule has 1 aromatic rings. The third-order valence-corrected chi connectivity index (χ3v) is 1.88. The quantitative estimate of drug-likeness (QED) is 0.435. The third-order valence-electron chi connectivity index (χ3n) is 1.05. The van der Waals surface area contributed by atoms with E-state index >= 15 is 0 Å². The molecule has 0 saturated heterocycles. The Morgan fingerprint density at radius 2 is 2.38 bits per heavy atom. The summed E-state index contributed by atoms with van der Waals surface area (Å²) in [7, 11) is 0.940. The Kier molecular flexibility index (Phi) is 1.30. The van der Waals surface area contributed by atoms with Gasteiger partial charge in [0.05, 0.1) is 10.2 Å². The summed E-state index contributed by atoms with van der Waals surface area (Å²) in [5, 5.41) is 1.03. The van der Waals surface area contributed by atoms with Gasteiger partial charge in [-0.05, 0) is 12.1 Å². The zero-order valence-electron chi connectivity index (χ0n) is 4.76. The van der Waals surface area contributed by atoms with Gasteiger partial charge in [0.15, 0.2) is 0 Å². The molecule has 8 heavy (non-hydrogen) atoms. The molecule has 0 fully saturated rings. The minimum atomic E-state index is 0.819. The normalized spacial score (nSPS) is 9.50. The molecule has 2 nitrogen and oxygen atoms in total. The molecule has 1 aromatic heterocycles. The average molecular weight is 124 g/mol. The Bertz CT molecular complexity index is 167. The standard InChI is InChI=1S/C5H8N2Si/c6-4-2-1-3-7-5(4)8/h1-3H,6H2,8H3. The molecule has 0 saturated carbocycles. The van der Waals surface area contributed by atoms with Crippen molar-refractivity contribution in [2.24, 2.45) is 0 Å². The summed E-state index contributed by atoms with van der Waals surface area (Å²) >= 11 is 0. The highest BCUT2D eigenvalue weighted by Crippen LogP contribution is 1.88. The van der Waals surface area contributed by atoms with E-state index in [0.29, 0.717) is 0 Å². The molecule has 0 aliphatic heterocycles. The van der Waals surface area contributed by atoms with Crippen LogP contribution in [-0.2, 0) is 0 Å². The predicted octanol–water partition coefficient (Wildman–Crippen LogP) is -1.35. The average Bonchev–Trinajstić information content (AvgIpc) is 1.77. The van der Waals surface area contributed by atoms with E-state index in [-0.39, 0.29) is 0 Å². The van der Waals surface area contributed by atoms with E-state index in [1.165, 1.54) is 0 Å². The highest BCUT2D eigenvalue weighted by atomic mass is 28.1. The third kappa shape index (κ3) is 0.868. The van der Waals surface area contributed by atoms with Crippen molar-refractivity contribution < 1.29 is 0 Å². The molecule has 0 atom stereocenters. The monoisotopic (exact) mass is 124 g/mol. The zero-order chi connectivity index (χ0) is 5.98. The second-order valence-corrected chi connectivity index (χ2v) is 2.63. The van der Waals surface area contributed by atoms with E-state index in [1.807, 2.05) is 12.1 Å². The molecule has 1 heterocycles. The first-order valence-electron chi connectivity index (χ1n) is 2.48. The maximum atomic E-state index is 5.49. The molecule has 0 aromatic carbocycles. The van der Waals surface area contributed by atoms with Crippen LogP contribution in [0.25, 0.3) is 0 Å². The van der Waals surface area contributed by atoms with Crippen molar-refractivity contribution in [2.45, 2.75) is 0 Å². The van der Waals surface area contributed by atoms with Gasteiger partial charge >= 0.3 is 0 Å². The van der Waals surface area contributed by atoms with Gasteiger partial charge in [-0.15, -0.1) is 0 Å². The van der Waals surface area contributed by atoms with Crippen LogP contribution < -0.4 is 11.1 Å². The van der Waals surface area contributed by atoms with Crippen molar-refractivity contribution in [2.75, 3.05) is 5.73 Å². The second-order valence-electron chi connectivity index (χ2n) is 1.68. The van der Waals surface area contributed by atoms with Crippen LogP contribution in [0.1, 0.15) is 0 Å². The minimum absolute atomic E-state index is 0.819. The largest absolute Gasteiger partial charge is 0.398 e. The molecule has 0 amide bonds. The summed E-state index contributed by atoms with van der Waals surface area (Å²) < 4.78 is 0. The van der Waals surface area contributed by atoms with E-state index in [1.54, 1.807) is 6.20 Å². The van der Waals surface area contributed by atoms with E-state index < -0.39 is 0 Å². The molecule has 0 aliphatic carbocycles. The van der Waals surface area contributed by atoms with Crippen LogP contribution in [0.4, 0.5) is 5.69 Å². The van der Waals surface area contributed by atoms with Gasteiger partial charge in [-0.3, -0.25) is 4.98 Å². The number of nitrogens with zero attached hydrogens (tertiary/aromatic N) is 1. The predicted molar refractivity (Wildman–Crippen MR) is 38.2 cm³/mol. The van der Waals surface area contributed by atoms with Gasteiger partial charge in [-0.25, -0.2) is 0 Å². The molecule has 0 bridgehead atoms. The van der Waals surface area contributed by atoms with E-state index in [9.17, 15) is 0 Å². The van der Waals surface area contributed by atoms with Gasteiger partial charge < -0.3 is 5.73 Å². The van der Waals surface area contributed by atoms with Gasteiger partial charge in [0.1, 0.15) is 0 Å². The molecular weight excluding hydrogens is 116 g/mol. The van der Waals surface area contributed by atoms with Crippen LogP contribution in [0.3, 0.4) is 0 Å². The summed E-state index contributed by atoms with van der Waals surface area (Å²) in [6.07, 6.45) is 1.76. The second kappa shape index (κ2) is 1.96. The van der Waals surface area contributed by atoms with Crippen LogP contribution in [0, 0.1) is 0 Å². The first-order chi connectivity index (χ1) is 3.80. The van der Waals surface area contributed by atoms with E-state index in [2.05, 4.69) is 4.98 Å². The van der Waals surface area contributed by atoms with Gasteiger partial charge in [-0.2, -0.15) is 0 Å². The van der Waals surface area contributed by atoms with Crippen LogP contribution in [-0.4, -0.2) is 15.2 Å². The van der Waals surface area contributed by atoms with Crippen molar-refractivity contribution in [1.82, 2.24) is 4.98 Å². The molecule has 42 valence electrons. The minimum Gasteiger partial charge on any atom is -0.398 e. The smallest absolute Gasteiger partial charge is 0.0650 e. The van der Waals surface area contributed by atoms with Gasteiger partial charge in [0.2, 0.25) is 0 Å². The zero-order valence-corrected chi connectivity index (χ0v) is 6.76. The number of aromatic nitrogens is 1. The molecular formula is C5H8N2Si. The van der Waals surface area contributed by atoms with E-state index in [4.69, 9.17) is 5.73 Å². The lowest BCUT2D eigenvalue weighted by Gasteiger charge is -1.93. The lowest BCUT2D eigenvalue weighted by molar-refractivity contribution is 1.39. The summed E-state index contributed by atoms with van der Waals surface area (Å²) in [5.41, 5.74) is 6.31. The van der Waals surface area contributed by atoms with Crippen molar-refractivity contribution >= 4 is 21.2 Å². The molecule has 2 N–H and O–H groups in total. The Balaban J connectivity index is 3.13. The van der Waals surface area contributed by atoms with Crippen LogP contribution in [0.2, 0.25) is 0 Å². The number of hydrogen-bond donors (Lipinski definition) is 1. The van der Waals surface area contributed by atoms with E-state index in [0.717, 1.165) is 21.2 Å². The molecule has 0 radical (unpaired) electrons. The number of rotatable bonds is 0. The highest BCUT2D eigenvalue weighted by molar-refractivity contribution is 6.33. The van der Waals surface area contributed by atoms with Crippen LogP contribution >= 0.6 is 0 Å². The lowest BCUT2D eigenvalue weighted by Crippen LogP contribution is -2.12. The summed E-state index contributed by atoms with van der Waals surface area (Å²) in [6.45, 7) is 0. The van der Waals surface area contributed by atoms with Crippen molar-refractivity contribution in [3.8, 4) is 0 Å². The molecule has 0 unspecified atom stereocenters. The van der Waals surface area contributed by atoms with Gasteiger partial charge in [0, 0.05) is 17.2 Å². The fourth-order valence-corrected chi connectivity index (χ4v) is 0.812. The fraction of sp³-hybridized carbons (Fsp3) is 0. The Morgan fingerprint density at radius 1 is 1.62 bits per heavy atom. The van der Waals surface area contributed by atoms with Crippen molar-refractivity contribution in [1.29, 1.82) is 0 Å². The summed E-state index contributed by atoms with van der Waals surface area (Å²) in [5.74, 6) is 0.